The van der Waals surface area contributed by atoms with Crippen molar-refractivity contribution in [2.75, 3.05) is 13.1 Å². The van der Waals surface area contributed by atoms with Gasteiger partial charge in [-0.1, -0.05) is 12.1 Å². The van der Waals surface area contributed by atoms with Crippen LogP contribution in [-0.4, -0.2) is 44.2 Å². The van der Waals surface area contributed by atoms with Gasteiger partial charge >= 0.3 is 5.91 Å². The Morgan fingerprint density at radius 3 is 2.31 bits per heavy atom. The highest BCUT2D eigenvalue weighted by molar-refractivity contribution is 6.22. The summed E-state index contributed by atoms with van der Waals surface area (Å²) in [6.07, 6.45) is 5.26. The molecule has 0 aliphatic carbocycles. The van der Waals surface area contributed by atoms with E-state index in [2.05, 4.69) is 4.90 Å². The van der Waals surface area contributed by atoms with E-state index in [1.54, 1.807) is 18.2 Å². The molecule has 196 valence electrons. The molecule has 10 heteroatoms. The quantitative estimate of drug-likeness (QED) is 0.160. The molecule has 0 saturated carbocycles. The average molecular weight is 525 g/mol. The lowest BCUT2D eigenvalue weighted by Crippen LogP contribution is -2.18. The molecule has 0 spiro atoms. The molecule has 1 saturated heterocycles. The molecule has 2 aromatic carbocycles. The van der Waals surface area contributed by atoms with Crippen molar-refractivity contribution in [2.24, 2.45) is 4.99 Å². The Bertz CT molecular complexity index is 1680. The van der Waals surface area contributed by atoms with Gasteiger partial charge in [-0.3, -0.25) is 19.8 Å². The van der Waals surface area contributed by atoms with Gasteiger partial charge in [0, 0.05) is 24.1 Å². The van der Waals surface area contributed by atoms with Crippen LogP contribution in [-0.2, 0) is 6.54 Å². The number of non-ortho nitro benzene ring substituents is 1. The van der Waals surface area contributed by atoms with E-state index in [1.165, 1.54) is 55.2 Å². The Kier molecular flexibility index (Phi) is 6.29. The molecule has 1 aliphatic heterocycles. The van der Waals surface area contributed by atoms with E-state index < -0.39 is 16.7 Å². The first-order valence-corrected chi connectivity index (χ1v) is 12.5. The van der Waals surface area contributed by atoms with Crippen LogP contribution in [0.25, 0.3) is 10.9 Å². The maximum absolute atomic E-state index is 13.4. The first kappa shape index (κ1) is 24.4. The van der Waals surface area contributed by atoms with E-state index in [9.17, 15) is 20.0 Å². The maximum atomic E-state index is 13.4. The average Bonchev–Trinajstić information content (AvgIpc) is 3.76. The third kappa shape index (κ3) is 4.62. The van der Waals surface area contributed by atoms with Gasteiger partial charge in [0.05, 0.1) is 34.2 Å². The Hall–Kier alpha value is -4.96. The van der Waals surface area contributed by atoms with Gasteiger partial charge in [0.25, 0.3) is 5.69 Å². The minimum Gasteiger partial charge on any atom is -0.494 e. The Morgan fingerprint density at radius 1 is 0.974 bits per heavy atom. The van der Waals surface area contributed by atoms with E-state index in [0.717, 1.165) is 24.2 Å². The number of fused-ring (bicyclic) bond motifs is 1. The molecule has 0 amide bonds. The molecular formula is C29H24N4O6. The molecule has 1 fully saturated rings. The molecule has 1 aliphatic rings. The second-order valence-electron chi connectivity index (χ2n) is 9.36. The third-order valence-electron chi connectivity index (χ3n) is 6.85. The van der Waals surface area contributed by atoms with Crippen molar-refractivity contribution in [1.82, 2.24) is 9.47 Å². The molecular weight excluding hydrogens is 500 g/mol. The maximum Gasteiger partial charge on any atom is 0.300 e. The summed E-state index contributed by atoms with van der Waals surface area (Å²) in [6, 6.07) is 18.3. The molecule has 0 atom stereocenters. The van der Waals surface area contributed by atoms with Gasteiger partial charge < -0.3 is 13.9 Å². The second-order valence-corrected chi connectivity index (χ2v) is 9.36. The fraction of sp³-hybridized carbons (Fsp3) is 0.172. The number of aromatic nitrogens is 1. The zero-order valence-corrected chi connectivity index (χ0v) is 20.8. The number of carbonyl (C=O) groups is 1. The van der Waals surface area contributed by atoms with Crippen molar-refractivity contribution >= 4 is 33.9 Å². The lowest BCUT2D eigenvalue weighted by molar-refractivity contribution is -0.384. The van der Waals surface area contributed by atoms with E-state index >= 15 is 0 Å². The summed E-state index contributed by atoms with van der Waals surface area (Å²) in [5.74, 6) is -0.799. The summed E-state index contributed by atoms with van der Waals surface area (Å²) >= 11 is 0. The lowest BCUT2D eigenvalue weighted by Gasteiger charge is -2.14. The molecule has 0 bridgehead atoms. The van der Waals surface area contributed by atoms with Gasteiger partial charge in [-0.05, 0) is 74.0 Å². The van der Waals surface area contributed by atoms with Crippen molar-refractivity contribution in [3.63, 3.8) is 0 Å². The number of hydrogen-bond donors (Lipinski definition) is 1. The molecule has 39 heavy (non-hydrogen) atoms. The van der Waals surface area contributed by atoms with E-state index in [0.29, 0.717) is 16.8 Å². The van der Waals surface area contributed by atoms with Crippen molar-refractivity contribution in [1.29, 1.82) is 0 Å². The number of likely N-dealkylation sites (tertiary alicyclic amines) is 1. The molecule has 6 rings (SSSR count). The van der Waals surface area contributed by atoms with E-state index in [1.807, 2.05) is 24.3 Å². The fourth-order valence-electron chi connectivity index (χ4n) is 4.98. The molecule has 0 radical (unpaired) electrons. The van der Waals surface area contributed by atoms with Crippen LogP contribution in [0.15, 0.2) is 93.1 Å². The summed E-state index contributed by atoms with van der Waals surface area (Å²) in [7, 11) is 0. The Balaban J connectivity index is 1.50. The first-order chi connectivity index (χ1) is 19.0. The van der Waals surface area contributed by atoms with Gasteiger partial charge in [-0.15, -0.1) is 0 Å². The number of nitro benzene ring substituents is 1. The van der Waals surface area contributed by atoms with Crippen LogP contribution >= 0.6 is 0 Å². The number of rotatable bonds is 7. The summed E-state index contributed by atoms with van der Waals surface area (Å²) in [5.41, 5.74) is 2.17. The van der Waals surface area contributed by atoms with Crippen molar-refractivity contribution < 1.29 is 23.7 Å². The Morgan fingerprint density at radius 2 is 1.67 bits per heavy atom. The van der Waals surface area contributed by atoms with Crippen molar-refractivity contribution in [3.8, 4) is 5.88 Å². The highest BCUT2D eigenvalue weighted by Crippen LogP contribution is 2.37. The van der Waals surface area contributed by atoms with Gasteiger partial charge in [-0.2, -0.15) is 0 Å². The van der Waals surface area contributed by atoms with Crippen LogP contribution in [0.1, 0.15) is 40.3 Å². The van der Waals surface area contributed by atoms with Crippen LogP contribution in [0.2, 0.25) is 0 Å². The summed E-state index contributed by atoms with van der Waals surface area (Å²) in [5, 5.41) is 23.4. The van der Waals surface area contributed by atoms with Crippen LogP contribution in [0, 0.1) is 10.1 Å². The molecule has 4 heterocycles. The minimum atomic E-state index is -0.681. The number of benzene rings is 2. The third-order valence-corrected chi connectivity index (χ3v) is 6.85. The monoisotopic (exact) mass is 524 g/mol. The van der Waals surface area contributed by atoms with Crippen LogP contribution in [0.4, 0.5) is 11.4 Å². The summed E-state index contributed by atoms with van der Waals surface area (Å²) < 4.78 is 11.9. The minimum absolute atomic E-state index is 0.0367. The molecule has 5 aromatic rings. The van der Waals surface area contributed by atoms with Gasteiger partial charge in [-0.25, -0.2) is 9.56 Å². The molecule has 10 nitrogen and oxygen atoms in total. The largest absolute Gasteiger partial charge is 0.494 e. The van der Waals surface area contributed by atoms with Crippen LogP contribution in [0.5, 0.6) is 5.88 Å². The van der Waals surface area contributed by atoms with Crippen molar-refractivity contribution in [2.45, 2.75) is 19.4 Å². The first-order valence-electron chi connectivity index (χ1n) is 12.5. The molecule has 3 aromatic heterocycles. The standard InChI is InChI=1S/C29H24N4O6/c34-28(25-6-4-16-39-25)32-23-17-21(33(36)37)11-12-22(23)26(29(32)35)27(24-5-3-15-38-24)30-20-9-7-19(8-10-20)18-31-13-1-2-14-31/h3-12,15-17,35H,1-2,13-14,18H2. The van der Waals surface area contributed by atoms with E-state index in [4.69, 9.17) is 13.8 Å². The smallest absolute Gasteiger partial charge is 0.300 e. The zero-order chi connectivity index (χ0) is 26.9. The van der Waals surface area contributed by atoms with Gasteiger partial charge in [0.15, 0.2) is 11.5 Å². The molecule has 0 unspecified atom stereocenters. The predicted octanol–water partition coefficient (Wildman–Crippen LogP) is 5.89. The lowest BCUT2D eigenvalue weighted by atomic mass is 10.1. The van der Waals surface area contributed by atoms with E-state index in [-0.39, 0.29) is 28.2 Å². The number of aliphatic imine (C=N–C) groups is 1. The number of nitrogens with zero attached hydrogens (tertiary/aromatic N) is 4. The molecule has 1 N–H and O–H groups in total. The van der Waals surface area contributed by atoms with Crippen molar-refractivity contribution in [3.05, 3.63) is 112 Å². The topological polar surface area (TPSA) is 127 Å². The number of carbonyl (C=O) groups excluding carboxylic acids is 1. The summed E-state index contributed by atoms with van der Waals surface area (Å²) in [4.78, 5) is 31.6. The van der Waals surface area contributed by atoms with Crippen LogP contribution in [0.3, 0.4) is 0 Å². The zero-order valence-electron chi connectivity index (χ0n) is 20.8. The van der Waals surface area contributed by atoms with Gasteiger partial charge in [0.1, 0.15) is 5.71 Å². The SMILES string of the molecule is O=C(c1ccco1)n1c(O)c(C(=Nc2ccc(CN3CCCC3)cc2)c2ccco2)c2ccc([N+](=O)[O-])cc21. The number of furan rings is 2. The van der Waals surface area contributed by atoms with Gasteiger partial charge in [0.2, 0.25) is 5.88 Å². The highest BCUT2D eigenvalue weighted by Gasteiger charge is 2.29. The number of aromatic hydroxyl groups is 1. The predicted molar refractivity (Wildman–Crippen MR) is 144 cm³/mol. The Labute approximate surface area is 222 Å². The normalized spacial score (nSPS) is 14.3. The summed E-state index contributed by atoms with van der Waals surface area (Å²) in [6.45, 7) is 3.07. The fourth-order valence-corrected chi connectivity index (χ4v) is 4.98. The second kappa shape index (κ2) is 10.1. The number of hydrogen-bond acceptors (Lipinski definition) is 8. The van der Waals surface area contributed by atoms with Crippen LogP contribution < -0.4 is 0 Å². The highest BCUT2D eigenvalue weighted by atomic mass is 16.6. The number of nitro groups is 1.